The lowest BCUT2D eigenvalue weighted by Crippen LogP contribution is -2.30. The van der Waals surface area contributed by atoms with Gasteiger partial charge in [-0.25, -0.2) is 21.6 Å². The summed E-state index contributed by atoms with van der Waals surface area (Å²) in [5.74, 6) is -2.94. The number of aryl methyl sites for hydroxylation is 1. The molecule has 0 aliphatic heterocycles. The van der Waals surface area contributed by atoms with Crippen molar-refractivity contribution in [3.63, 3.8) is 0 Å². The molecule has 0 N–H and O–H groups in total. The van der Waals surface area contributed by atoms with Crippen LogP contribution in [0.5, 0.6) is 0 Å². The Kier molecular flexibility index (Phi) is 4.99. The first kappa shape index (κ1) is 20.6. The van der Waals surface area contributed by atoms with Crippen LogP contribution in [0.1, 0.15) is 5.56 Å². The number of fused-ring (bicyclic) bond motifs is 1. The van der Waals surface area contributed by atoms with E-state index in [0.29, 0.717) is 28.1 Å². The van der Waals surface area contributed by atoms with Gasteiger partial charge in [0.2, 0.25) is 15.4 Å². The van der Waals surface area contributed by atoms with Gasteiger partial charge in [0, 0.05) is 11.6 Å². The van der Waals surface area contributed by atoms with Gasteiger partial charge in [0.1, 0.15) is 17.8 Å². The minimum absolute atomic E-state index is 0.162. The van der Waals surface area contributed by atoms with Crippen LogP contribution in [0.3, 0.4) is 0 Å². The van der Waals surface area contributed by atoms with E-state index >= 15 is 0 Å². The Balaban J connectivity index is 2.11. The molecule has 0 unspecified atom stereocenters. The molecule has 0 amide bonds. The number of hydrogen-bond donors (Lipinski definition) is 0. The second kappa shape index (κ2) is 7.52. The maximum Gasteiger partial charge on any atom is 0.214 e. The molecule has 0 bridgehead atoms. The Morgan fingerprint density at radius 1 is 0.903 bits per heavy atom. The zero-order valence-electron chi connectivity index (χ0n) is 16.1. The molecule has 0 aliphatic rings. The van der Waals surface area contributed by atoms with E-state index in [1.165, 1.54) is 35.0 Å². The SMILES string of the molecule is C[n+]1cc(S(=O)(=O)c2ccc(F)c(F)c2)c(-c2ccc(F)cc2)c2ccc(C#N)cc21. The normalized spacial score (nSPS) is 11.5. The molecule has 0 radical (unpaired) electrons. The molecular weight excluding hydrogens is 425 g/mol. The molecule has 3 aromatic carbocycles. The van der Waals surface area contributed by atoms with E-state index in [1.54, 1.807) is 25.2 Å². The number of nitriles is 1. The quantitative estimate of drug-likeness (QED) is 0.350. The van der Waals surface area contributed by atoms with Crippen LogP contribution in [0.2, 0.25) is 0 Å². The molecule has 0 saturated carbocycles. The molecule has 1 heterocycles. The Morgan fingerprint density at radius 3 is 2.26 bits per heavy atom. The molecule has 154 valence electrons. The van der Waals surface area contributed by atoms with Crippen molar-refractivity contribution in [2.24, 2.45) is 7.05 Å². The fourth-order valence-electron chi connectivity index (χ4n) is 3.44. The molecule has 4 rings (SSSR count). The first-order valence-electron chi connectivity index (χ1n) is 9.05. The molecule has 0 saturated heterocycles. The predicted octanol–water partition coefficient (Wildman–Crippen LogP) is 4.45. The summed E-state index contributed by atoms with van der Waals surface area (Å²) in [5, 5.41) is 9.72. The van der Waals surface area contributed by atoms with E-state index < -0.39 is 32.2 Å². The average Bonchev–Trinajstić information content (AvgIpc) is 2.76. The standard InChI is InChI=1S/C23H14F3N2O2S/c1-28-13-22(31(29,30)17-7-9-19(25)20(26)11-17)23(15-3-5-16(24)6-4-15)18-8-2-14(12-27)10-21(18)28/h2-11,13H,1H3/q+1. The zero-order valence-corrected chi connectivity index (χ0v) is 16.9. The van der Waals surface area contributed by atoms with Crippen molar-refractivity contribution < 1.29 is 26.2 Å². The zero-order chi connectivity index (χ0) is 22.3. The minimum Gasteiger partial charge on any atom is -0.218 e. The number of sulfone groups is 1. The number of benzene rings is 3. The molecule has 1 aromatic heterocycles. The largest absolute Gasteiger partial charge is 0.218 e. The fraction of sp³-hybridized carbons (Fsp3) is 0.0435. The average molecular weight is 439 g/mol. The Morgan fingerprint density at radius 2 is 1.61 bits per heavy atom. The molecule has 0 fully saturated rings. The van der Waals surface area contributed by atoms with Gasteiger partial charge in [0.05, 0.1) is 21.9 Å². The molecule has 0 aliphatic carbocycles. The van der Waals surface area contributed by atoms with Gasteiger partial charge in [-0.1, -0.05) is 12.1 Å². The third-order valence-corrected chi connectivity index (χ3v) is 6.72. The van der Waals surface area contributed by atoms with Crippen LogP contribution in [0.25, 0.3) is 22.0 Å². The van der Waals surface area contributed by atoms with Crippen molar-refractivity contribution in [2.75, 3.05) is 0 Å². The summed E-state index contributed by atoms with van der Waals surface area (Å²) in [6.45, 7) is 0. The fourth-order valence-corrected chi connectivity index (χ4v) is 4.99. The van der Waals surface area contributed by atoms with E-state index in [0.717, 1.165) is 12.1 Å². The maximum atomic E-state index is 13.8. The van der Waals surface area contributed by atoms with Gasteiger partial charge in [-0.05, 0) is 48.0 Å². The Labute approximate surface area is 176 Å². The minimum atomic E-state index is -4.28. The third-order valence-electron chi connectivity index (χ3n) is 4.96. The lowest BCUT2D eigenvalue weighted by Gasteiger charge is -2.13. The second-order valence-corrected chi connectivity index (χ2v) is 8.83. The summed E-state index contributed by atoms with van der Waals surface area (Å²) in [6.07, 6.45) is 1.35. The van der Waals surface area contributed by atoms with Gasteiger partial charge in [-0.3, -0.25) is 0 Å². The number of rotatable bonds is 3. The topological polar surface area (TPSA) is 61.8 Å². The molecule has 4 nitrogen and oxygen atoms in total. The van der Waals surface area contributed by atoms with Gasteiger partial charge in [0.15, 0.2) is 17.8 Å². The number of pyridine rings is 1. The Hall–Kier alpha value is -3.70. The van der Waals surface area contributed by atoms with Crippen molar-refractivity contribution in [3.05, 3.63) is 89.9 Å². The van der Waals surface area contributed by atoms with E-state index in [9.17, 15) is 26.9 Å². The van der Waals surface area contributed by atoms with E-state index in [4.69, 9.17) is 0 Å². The van der Waals surface area contributed by atoms with Crippen LogP contribution in [0.15, 0.2) is 76.7 Å². The summed E-state index contributed by atoms with van der Waals surface area (Å²) in [5.41, 5.74) is 1.63. The van der Waals surface area contributed by atoms with E-state index in [-0.39, 0.29) is 10.5 Å². The van der Waals surface area contributed by atoms with Crippen LogP contribution in [0, 0.1) is 28.8 Å². The highest BCUT2D eigenvalue weighted by molar-refractivity contribution is 7.91. The second-order valence-electron chi connectivity index (χ2n) is 6.91. The Bertz CT molecular complexity index is 1490. The van der Waals surface area contributed by atoms with Gasteiger partial charge >= 0.3 is 0 Å². The monoisotopic (exact) mass is 439 g/mol. The van der Waals surface area contributed by atoms with Crippen molar-refractivity contribution in [3.8, 4) is 17.2 Å². The molecule has 8 heteroatoms. The summed E-state index contributed by atoms with van der Waals surface area (Å²) in [7, 11) is -2.67. The van der Waals surface area contributed by atoms with Gasteiger partial charge in [-0.15, -0.1) is 0 Å². The van der Waals surface area contributed by atoms with Gasteiger partial charge in [-0.2, -0.15) is 9.83 Å². The van der Waals surface area contributed by atoms with Crippen LogP contribution >= 0.6 is 0 Å². The first-order chi connectivity index (χ1) is 14.7. The smallest absolute Gasteiger partial charge is 0.214 e. The van der Waals surface area contributed by atoms with Crippen LogP contribution in [0.4, 0.5) is 13.2 Å². The molecule has 4 aromatic rings. The molecule has 0 spiro atoms. The van der Waals surface area contributed by atoms with Crippen LogP contribution < -0.4 is 4.57 Å². The van der Waals surface area contributed by atoms with Crippen LogP contribution in [-0.4, -0.2) is 8.42 Å². The van der Waals surface area contributed by atoms with E-state index in [2.05, 4.69) is 0 Å². The lowest BCUT2D eigenvalue weighted by atomic mass is 10.00. The summed E-state index contributed by atoms with van der Waals surface area (Å²) in [4.78, 5) is -0.576. The first-order valence-corrected chi connectivity index (χ1v) is 10.5. The third kappa shape index (κ3) is 3.53. The van der Waals surface area contributed by atoms with Gasteiger partial charge < -0.3 is 0 Å². The van der Waals surface area contributed by atoms with Crippen molar-refractivity contribution in [1.29, 1.82) is 5.26 Å². The lowest BCUT2D eigenvalue weighted by molar-refractivity contribution is -0.646. The maximum absolute atomic E-state index is 13.8. The van der Waals surface area contributed by atoms with Gasteiger partial charge in [0.25, 0.3) is 0 Å². The molecule has 0 atom stereocenters. The molecular formula is C23H14F3N2O2S+. The number of halogens is 3. The van der Waals surface area contributed by atoms with Crippen molar-refractivity contribution in [2.45, 2.75) is 9.79 Å². The highest BCUT2D eigenvalue weighted by Gasteiger charge is 2.29. The van der Waals surface area contributed by atoms with E-state index in [1.807, 2.05) is 6.07 Å². The van der Waals surface area contributed by atoms with Crippen molar-refractivity contribution >= 4 is 20.7 Å². The van der Waals surface area contributed by atoms with Crippen molar-refractivity contribution in [1.82, 2.24) is 0 Å². The summed E-state index contributed by atoms with van der Waals surface area (Å²) < 4.78 is 69.1. The highest BCUT2D eigenvalue weighted by Crippen LogP contribution is 2.36. The number of aromatic nitrogens is 1. The summed E-state index contributed by atoms with van der Waals surface area (Å²) in [6, 6.07) is 14.4. The molecule has 31 heavy (non-hydrogen) atoms. The summed E-state index contributed by atoms with van der Waals surface area (Å²) >= 11 is 0. The predicted molar refractivity (Wildman–Crippen MR) is 107 cm³/mol. The number of hydrogen-bond acceptors (Lipinski definition) is 3. The van der Waals surface area contributed by atoms with Crippen LogP contribution in [-0.2, 0) is 16.9 Å². The highest BCUT2D eigenvalue weighted by atomic mass is 32.2. The number of nitrogens with zero attached hydrogens (tertiary/aromatic N) is 2.